The van der Waals surface area contributed by atoms with Crippen LogP contribution in [0, 0.1) is 22.7 Å². The highest BCUT2D eigenvalue weighted by atomic mass is 17.5. The highest BCUT2D eigenvalue weighted by molar-refractivity contribution is 5.95. The molecule has 6 atom stereocenters. The number of fused-ring (bicyclic) bond motifs is 3. The third kappa shape index (κ3) is 2.94. The molecule has 7 heteroatoms. The van der Waals surface area contributed by atoms with E-state index >= 15 is 0 Å². The van der Waals surface area contributed by atoms with Crippen LogP contribution in [0.4, 0.5) is 0 Å². The summed E-state index contributed by atoms with van der Waals surface area (Å²) in [4.78, 5) is 37.4. The first kappa shape index (κ1) is 22.4. The monoisotopic (exact) mass is 432 g/mol. The first-order valence-electron chi connectivity index (χ1n) is 11.0. The van der Waals surface area contributed by atoms with Gasteiger partial charge in [-0.1, -0.05) is 44.0 Å². The summed E-state index contributed by atoms with van der Waals surface area (Å²) in [5.41, 5.74) is -1.76. The van der Waals surface area contributed by atoms with E-state index in [0.29, 0.717) is 23.1 Å². The van der Waals surface area contributed by atoms with E-state index in [1.807, 2.05) is 12.2 Å². The summed E-state index contributed by atoms with van der Waals surface area (Å²) < 4.78 is 5.83. The molecule has 170 valence electrons. The molecule has 2 fully saturated rings. The van der Waals surface area contributed by atoms with Gasteiger partial charge in [-0.25, -0.2) is 9.68 Å². The Kier molecular flexibility index (Phi) is 5.33. The van der Waals surface area contributed by atoms with Gasteiger partial charge >= 0.3 is 5.97 Å². The molecule has 1 aliphatic heterocycles. The molecule has 1 N–H and O–H groups in total. The Balaban J connectivity index is 1.92. The van der Waals surface area contributed by atoms with E-state index in [2.05, 4.69) is 20.8 Å². The molecule has 7 nitrogen and oxygen atoms in total. The SMILES string of the molecule is C/C=C(/C)C(=O)OC1C(C)=CC23CCC(C)C(C)(C)C(C=C4COOOC4C12O)C3=O. The molecular formula is C24H32O7. The molecule has 2 bridgehead atoms. The molecule has 0 aromatic heterocycles. The molecule has 0 radical (unpaired) electrons. The van der Waals surface area contributed by atoms with Crippen LogP contribution in [0.25, 0.3) is 0 Å². The lowest BCUT2D eigenvalue weighted by atomic mass is 9.63. The lowest BCUT2D eigenvalue weighted by molar-refractivity contribution is -0.548. The van der Waals surface area contributed by atoms with Crippen molar-refractivity contribution in [3.63, 3.8) is 0 Å². The van der Waals surface area contributed by atoms with Crippen molar-refractivity contribution in [1.29, 1.82) is 0 Å². The first-order chi connectivity index (χ1) is 14.5. The Hall–Kier alpha value is -1.80. The minimum Gasteiger partial charge on any atom is -0.451 e. The molecule has 1 saturated carbocycles. The molecule has 0 aromatic rings. The van der Waals surface area contributed by atoms with Crippen LogP contribution in [0.3, 0.4) is 0 Å². The Labute approximate surface area is 182 Å². The zero-order valence-electron chi connectivity index (χ0n) is 19.1. The standard InChI is InChI=1S/C24H32O7/c1-7-13(2)21(26)29-19-14(3)11-23-9-8-15(4)22(5,6)17(18(23)25)10-16-12-28-31-30-20(16)24(19,23)27/h7,10-11,15,17,19-20,27H,8-9,12H2,1-6H3/b13-7-. The van der Waals surface area contributed by atoms with Crippen LogP contribution >= 0.6 is 0 Å². The van der Waals surface area contributed by atoms with Crippen molar-refractivity contribution in [2.45, 2.75) is 72.2 Å². The number of carbonyl (C=O) groups excluding carboxylic acids is 2. The molecular weight excluding hydrogens is 400 g/mol. The van der Waals surface area contributed by atoms with Crippen molar-refractivity contribution in [3.8, 4) is 0 Å². The second-order valence-electron chi connectivity index (χ2n) is 10.1. The van der Waals surface area contributed by atoms with Gasteiger partial charge in [0, 0.05) is 11.5 Å². The highest BCUT2D eigenvalue weighted by Crippen LogP contribution is 2.61. The Morgan fingerprint density at radius 1 is 1.35 bits per heavy atom. The van der Waals surface area contributed by atoms with Gasteiger partial charge in [-0.2, -0.15) is 4.89 Å². The maximum absolute atomic E-state index is 14.2. The third-order valence-corrected chi connectivity index (χ3v) is 8.27. The van der Waals surface area contributed by atoms with E-state index in [1.54, 1.807) is 26.8 Å². The van der Waals surface area contributed by atoms with Gasteiger partial charge in [-0.15, -0.1) is 0 Å². The predicted molar refractivity (Wildman–Crippen MR) is 111 cm³/mol. The fourth-order valence-corrected chi connectivity index (χ4v) is 5.73. The van der Waals surface area contributed by atoms with Gasteiger partial charge in [0.2, 0.25) is 0 Å². The van der Waals surface area contributed by atoms with Crippen LogP contribution in [0.1, 0.15) is 54.4 Å². The minimum atomic E-state index is -1.84. The van der Waals surface area contributed by atoms with E-state index in [4.69, 9.17) is 19.6 Å². The van der Waals surface area contributed by atoms with Crippen LogP contribution in [0.15, 0.2) is 34.9 Å². The average molecular weight is 433 g/mol. The van der Waals surface area contributed by atoms with Crippen molar-refractivity contribution in [2.24, 2.45) is 22.7 Å². The van der Waals surface area contributed by atoms with E-state index < -0.39 is 35.1 Å². The quantitative estimate of drug-likeness (QED) is 0.310. The van der Waals surface area contributed by atoms with Gasteiger partial charge in [0.1, 0.15) is 6.61 Å². The first-order valence-corrected chi connectivity index (χ1v) is 11.0. The predicted octanol–water partition coefficient (Wildman–Crippen LogP) is 3.39. The minimum absolute atomic E-state index is 0.0604. The summed E-state index contributed by atoms with van der Waals surface area (Å²) in [6, 6.07) is 0. The zero-order valence-corrected chi connectivity index (χ0v) is 19.1. The Bertz CT molecular complexity index is 898. The van der Waals surface area contributed by atoms with Crippen LogP contribution in [-0.4, -0.2) is 41.3 Å². The van der Waals surface area contributed by atoms with Crippen LogP contribution < -0.4 is 0 Å². The fraction of sp³-hybridized carbons (Fsp3) is 0.667. The number of Topliss-reactive ketones (excluding diaryl/α,β-unsaturated/α-hetero) is 1. The molecule has 1 saturated heterocycles. The smallest absolute Gasteiger partial charge is 0.334 e. The molecule has 1 heterocycles. The van der Waals surface area contributed by atoms with Crippen molar-refractivity contribution in [1.82, 2.24) is 0 Å². The van der Waals surface area contributed by atoms with Gasteiger partial charge in [0.05, 0.1) is 5.41 Å². The molecule has 3 aliphatic carbocycles. The summed E-state index contributed by atoms with van der Waals surface area (Å²) in [6.07, 6.45) is 4.46. The average Bonchev–Trinajstić information content (AvgIpc) is 2.88. The lowest BCUT2D eigenvalue weighted by Gasteiger charge is -2.47. The number of ether oxygens (including phenoxy) is 1. The van der Waals surface area contributed by atoms with Gasteiger partial charge in [0.15, 0.2) is 23.6 Å². The summed E-state index contributed by atoms with van der Waals surface area (Å²) in [5.74, 6) is -0.825. The molecule has 4 aliphatic rings. The van der Waals surface area contributed by atoms with Crippen molar-refractivity contribution in [3.05, 3.63) is 34.9 Å². The maximum Gasteiger partial charge on any atom is 0.334 e. The van der Waals surface area contributed by atoms with Crippen LogP contribution in [-0.2, 0) is 29.1 Å². The van der Waals surface area contributed by atoms with Crippen molar-refractivity contribution >= 4 is 11.8 Å². The molecule has 31 heavy (non-hydrogen) atoms. The summed E-state index contributed by atoms with van der Waals surface area (Å²) in [6.45, 7) is 11.6. The van der Waals surface area contributed by atoms with Crippen molar-refractivity contribution < 1.29 is 34.2 Å². The van der Waals surface area contributed by atoms with E-state index in [-0.39, 0.29) is 23.7 Å². The summed E-state index contributed by atoms with van der Waals surface area (Å²) >= 11 is 0. The van der Waals surface area contributed by atoms with Gasteiger partial charge in [-0.05, 0) is 56.1 Å². The number of hydrogen-bond acceptors (Lipinski definition) is 7. The number of allylic oxidation sites excluding steroid dienone is 2. The second-order valence-corrected chi connectivity index (χ2v) is 10.1. The number of aliphatic hydroxyl groups is 1. The number of rotatable bonds is 2. The van der Waals surface area contributed by atoms with Crippen LogP contribution in [0.5, 0.6) is 0 Å². The summed E-state index contributed by atoms with van der Waals surface area (Å²) in [7, 11) is 0. The van der Waals surface area contributed by atoms with Crippen molar-refractivity contribution in [2.75, 3.05) is 6.61 Å². The second kappa shape index (κ2) is 7.37. The topological polar surface area (TPSA) is 91.3 Å². The number of hydrogen-bond donors (Lipinski definition) is 1. The molecule has 0 amide bonds. The Morgan fingerprint density at radius 3 is 2.74 bits per heavy atom. The van der Waals surface area contributed by atoms with Gasteiger partial charge in [0.25, 0.3) is 0 Å². The maximum atomic E-state index is 14.2. The van der Waals surface area contributed by atoms with Gasteiger partial charge < -0.3 is 9.84 Å². The van der Waals surface area contributed by atoms with Gasteiger partial charge in [-0.3, -0.25) is 4.79 Å². The fourth-order valence-electron chi connectivity index (χ4n) is 5.73. The lowest BCUT2D eigenvalue weighted by Crippen LogP contribution is -2.65. The van der Waals surface area contributed by atoms with E-state index in [0.717, 1.165) is 6.42 Å². The van der Waals surface area contributed by atoms with Crippen LogP contribution in [0.2, 0.25) is 0 Å². The summed E-state index contributed by atoms with van der Waals surface area (Å²) in [5, 5.41) is 17.2. The molecule has 6 unspecified atom stereocenters. The molecule has 1 spiro atoms. The largest absolute Gasteiger partial charge is 0.451 e. The third-order valence-electron chi connectivity index (χ3n) is 8.27. The number of carbonyl (C=O) groups is 2. The van der Waals surface area contributed by atoms with E-state index in [9.17, 15) is 14.7 Å². The Morgan fingerprint density at radius 2 is 2.06 bits per heavy atom. The van der Waals surface area contributed by atoms with E-state index in [1.165, 1.54) is 0 Å². The normalized spacial score (nSPS) is 41.9. The number of esters is 1. The molecule has 0 aromatic carbocycles. The zero-order chi connectivity index (χ0) is 22.8. The highest BCUT2D eigenvalue weighted by Gasteiger charge is 2.72. The number of ketones is 1. The molecule has 4 rings (SSSR count).